The van der Waals surface area contributed by atoms with Gasteiger partial charge in [-0.2, -0.15) is 0 Å². The number of carbonyl (C=O) groups is 1. The zero-order valence-corrected chi connectivity index (χ0v) is 11.7. The van der Waals surface area contributed by atoms with Crippen molar-refractivity contribution >= 4 is 5.97 Å². The summed E-state index contributed by atoms with van der Waals surface area (Å²) >= 11 is 0. The summed E-state index contributed by atoms with van der Waals surface area (Å²) in [6, 6.07) is 9.98. The second kappa shape index (κ2) is 5.29. The Bertz CT molecular complexity index is 520. The predicted molar refractivity (Wildman–Crippen MR) is 74.9 cm³/mol. The Hall–Kier alpha value is -1.81. The highest BCUT2D eigenvalue weighted by atomic mass is 16.7. The van der Waals surface area contributed by atoms with E-state index in [0.29, 0.717) is 6.42 Å². The minimum atomic E-state index is -0.969. The van der Waals surface area contributed by atoms with Gasteiger partial charge in [-0.05, 0) is 18.4 Å². The van der Waals surface area contributed by atoms with Crippen LogP contribution in [0.1, 0.15) is 18.4 Å². The molecule has 0 aromatic heterocycles. The van der Waals surface area contributed by atoms with Crippen LogP contribution >= 0.6 is 0 Å². The molecule has 1 atom stereocenters. The Morgan fingerprint density at radius 3 is 2.60 bits per heavy atom. The molecule has 20 heavy (non-hydrogen) atoms. The molecule has 0 amide bonds. The Kier molecular flexibility index (Phi) is 3.49. The van der Waals surface area contributed by atoms with Gasteiger partial charge in [0.1, 0.15) is 0 Å². The van der Waals surface area contributed by atoms with Crippen LogP contribution in [0, 0.1) is 0 Å². The number of likely N-dealkylation sites (tertiary alicyclic amines) is 1. The zero-order chi connectivity index (χ0) is 14.0. The predicted octanol–water partition coefficient (Wildman–Crippen LogP) is 2.11. The molecule has 0 bridgehead atoms. The van der Waals surface area contributed by atoms with E-state index in [1.165, 1.54) is 0 Å². The molecule has 1 aromatic rings. The van der Waals surface area contributed by atoms with Crippen molar-refractivity contribution in [3.8, 4) is 0 Å². The molecule has 2 heterocycles. The summed E-state index contributed by atoms with van der Waals surface area (Å²) in [5.41, 5.74) is 1.96. The average Bonchev–Trinajstić information content (AvgIpc) is 3.08. The summed E-state index contributed by atoms with van der Waals surface area (Å²) in [5.74, 6) is -1.28. The molecule has 0 N–H and O–H groups in total. The Balaban J connectivity index is 1.90. The zero-order valence-electron chi connectivity index (χ0n) is 11.7. The number of cyclic esters (lactones) is 1. The molecule has 0 spiro atoms. The number of methoxy groups -OCH3 is 1. The lowest BCUT2D eigenvalue weighted by Gasteiger charge is -2.34. The van der Waals surface area contributed by atoms with Gasteiger partial charge in [-0.25, -0.2) is 4.79 Å². The van der Waals surface area contributed by atoms with E-state index in [2.05, 4.69) is 4.90 Å². The van der Waals surface area contributed by atoms with Gasteiger partial charge in [-0.3, -0.25) is 0 Å². The first kappa shape index (κ1) is 13.2. The number of hydrogen-bond acceptors (Lipinski definition) is 4. The first-order valence-electron chi connectivity index (χ1n) is 7.03. The highest BCUT2D eigenvalue weighted by Gasteiger charge is 2.46. The summed E-state index contributed by atoms with van der Waals surface area (Å²) in [7, 11) is 1.60. The molecule has 1 unspecified atom stereocenters. The van der Waals surface area contributed by atoms with E-state index in [-0.39, 0.29) is 5.97 Å². The quantitative estimate of drug-likeness (QED) is 0.788. The van der Waals surface area contributed by atoms with Crippen LogP contribution in [0.15, 0.2) is 42.1 Å². The highest BCUT2D eigenvalue weighted by molar-refractivity contribution is 5.86. The monoisotopic (exact) mass is 273 g/mol. The molecule has 4 heteroatoms. The summed E-state index contributed by atoms with van der Waals surface area (Å²) in [6.45, 7) is 1.92. The summed E-state index contributed by atoms with van der Waals surface area (Å²) in [5, 5.41) is 0. The SMILES string of the molecule is COC1(Cc2ccccc2)OC(=O)C=C1N1CCCC1. The van der Waals surface area contributed by atoms with E-state index in [1.54, 1.807) is 13.2 Å². The van der Waals surface area contributed by atoms with Crippen LogP contribution in [0.3, 0.4) is 0 Å². The number of ether oxygens (including phenoxy) is 2. The third kappa shape index (κ3) is 2.31. The van der Waals surface area contributed by atoms with E-state index in [0.717, 1.165) is 37.2 Å². The number of benzene rings is 1. The molecular weight excluding hydrogens is 254 g/mol. The molecule has 0 radical (unpaired) electrons. The van der Waals surface area contributed by atoms with Crippen LogP contribution in [-0.4, -0.2) is 36.9 Å². The van der Waals surface area contributed by atoms with Gasteiger partial charge in [0, 0.05) is 32.7 Å². The first-order chi connectivity index (χ1) is 9.73. The second-order valence-electron chi connectivity index (χ2n) is 5.26. The van der Waals surface area contributed by atoms with Crippen molar-refractivity contribution in [1.82, 2.24) is 4.90 Å². The summed E-state index contributed by atoms with van der Waals surface area (Å²) in [4.78, 5) is 14.0. The number of rotatable bonds is 4. The normalized spacial score (nSPS) is 25.8. The van der Waals surface area contributed by atoms with Crippen LogP contribution in [0.4, 0.5) is 0 Å². The maximum Gasteiger partial charge on any atom is 0.335 e. The molecule has 0 aliphatic carbocycles. The van der Waals surface area contributed by atoms with Crippen LogP contribution in [-0.2, 0) is 20.7 Å². The smallest absolute Gasteiger partial charge is 0.335 e. The fraction of sp³-hybridized carbons (Fsp3) is 0.438. The Morgan fingerprint density at radius 1 is 1.25 bits per heavy atom. The molecule has 3 rings (SSSR count). The summed E-state index contributed by atoms with van der Waals surface area (Å²) < 4.78 is 11.2. The molecular formula is C16H19NO3. The minimum absolute atomic E-state index is 0.315. The second-order valence-corrected chi connectivity index (χ2v) is 5.26. The number of carbonyl (C=O) groups excluding carboxylic acids is 1. The third-order valence-electron chi connectivity index (χ3n) is 3.97. The van der Waals surface area contributed by atoms with Gasteiger partial charge in [0.25, 0.3) is 5.79 Å². The molecule has 1 saturated heterocycles. The van der Waals surface area contributed by atoms with Gasteiger partial charge >= 0.3 is 5.97 Å². The van der Waals surface area contributed by atoms with Gasteiger partial charge in [-0.15, -0.1) is 0 Å². The van der Waals surface area contributed by atoms with E-state index in [9.17, 15) is 4.79 Å². The number of hydrogen-bond donors (Lipinski definition) is 0. The molecule has 1 aromatic carbocycles. The fourth-order valence-corrected chi connectivity index (χ4v) is 2.97. The van der Waals surface area contributed by atoms with Crippen LogP contribution in [0.5, 0.6) is 0 Å². The molecule has 4 nitrogen and oxygen atoms in total. The van der Waals surface area contributed by atoms with E-state index in [1.807, 2.05) is 30.3 Å². The lowest BCUT2D eigenvalue weighted by molar-refractivity contribution is -0.196. The minimum Gasteiger partial charge on any atom is -0.423 e. The third-order valence-corrected chi connectivity index (χ3v) is 3.97. The molecule has 1 fully saturated rings. The molecule has 2 aliphatic heterocycles. The maximum absolute atomic E-state index is 11.8. The van der Waals surface area contributed by atoms with Crippen molar-refractivity contribution in [2.24, 2.45) is 0 Å². The van der Waals surface area contributed by atoms with Crippen molar-refractivity contribution in [3.63, 3.8) is 0 Å². The fourth-order valence-electron chi connectivity index (χ4n) is 2.97. The first-order valence-corrected chi connectivity index (χ1v) is 7.03. The van der Waals surface area contributed by atoms with Gasteiger partial charge in [0.2, 0.25) is 0 Å². The Labute approximate surface area is 119 Å². The molecule has 2 aliphatic rings. The van der Waals surface area contributed by atoms with Crippen molar-refractivity contribution in [3.05, 3.63) is 47.7 Å². The van der Waals surface area contributed by atoms with Crippen molar-refractivity contribution in [1.29, 1.82) is 0 Å². The number of esters is 1. The van der Waals surface area contributed by atoms with Gasteiger partial charge in [0.05, 0.1) is 5.70 Å². The molecule has 0 saturated carbocycles. The maximum atomic E-state index is 11.8. The molecule has 106 valence electrons. The Morgan fingerprint density at radius 2 is 1.95 bits per heavy atom. The van der Waals surface area contributed by atoms with Crippen LogP contribution < -0.4 is 0 Å². The standard InChI is InChI=1S/C16H19NO3/c1-19-16(12-13-7-3-2-4-8-13)14(11-15(18)20-16)17-9-5-6-10-17/h2-4,7-8,11H,5-6,9-10,12H2,1H3. The van der Waals surface area contributed by atoms with Gasteiger partial charge < -0.3 is 14.4 Å². The van der Waals surface area contributed by atoms with E-state index in [4.69, 9.17) is 9.47 Å². The van der Waals surface area contributed by atoms with Crippen molar-refractivity contribution in [2.45, 2.75) is 25.0 Å². The lowest BCUT2D eigenvalue weighted by atomic mass is 10.0. The van der Waals surface area contributed by atoms with Crippen molar-refractivity contribution in [2.75, 3.05) is 20.2 Å². The number of nitrogens with zero attached hydrogens (tertiary/aromatic N) is 1. The van der Waals surface area contributed by atoms with Gasteiger partial charge in [0.15, 0.2) is 0 Å². The summed E-state index contributed by atoms with van der Waals surface area (Å²) in [6.07, 6.45) is 4.42. The van der Waals surface area contributed by atoms with Crippen molar-refractivity contribution < 1.29 is 14.3 Å². The van der Waals surface area contributed by atoms with Crippen LogP contribution in [0.25, 0.3) is 0 Å². The van der Waals surface area contributed by atoms with E-state index >= 15 is 0 Å². The van der Waals surface area contributed by atoms with Crippen LogP contribution in [0.2, 0.25) is 0 Å². The topological polar surface area (TPSA) is 38.8 Å². The average molecular weight is 273 g/mol. The largest absolute Gasteiger partial charge is 0.423 e. The van der Waals surface area contributed by atoms with E-state index < -0.39 is 5.79 Å². The van der Waals surface area contributed by atoms with Gasteiger partial charge in [-0.1, -0.05) is 30.3 Å². The lowest BCUT2D eigenvalue weighted by Crippen LogP contribution is -2.42. The highest BCUT2D eigenvalue weighted by Crippen LogP contribution is 2.36.